The first-order valence-electron chi connectivity index (χ1n) is 5.51. The Morgan fingerprint density at radius 3 is 2.11 bits per heavy atom. The van der Waals surface area contributed by atoms with Crippen molar-refractivity contribution in [3.8, 4) is 0 Å². The molecule has 5 nitrogen and oxygen atoms in total. The Hall–Kier alpha value is -2.17. The molecule has 0 aliphatic carbocycles. The molecule has 1 aromatic rings. The van der Waals surface area contributed by atoms with Crippen LogP contribution in [-0.4, -0.2) is 25.0 Å². The molecule has 0 radical (unpaired) electrons. The Bertz CT molecular complexity index is 483. The molecule has 18 heavy (non-hydrogen) atoms. The van der Waals surface area contributed by atoms with Crippen LogP contribution in [0.4, 0.5) is 11.4 Å². The lowest BCUT2D eigenvalue weighted by molar-refractivity contribution is -0.113. The van der Waals surface area contributed by atoms with Crippen LogP contribution < -0.4 is 4.90 Å². The van der Waals surface area contributed by atoms with Gasteiger partial charge < -0.3 is 10.0 Å². The third-order valence-electron chi connectivity index (χ3n) is 2.31. The maximum Gasteiger partial charge on any atom is 0.183 e. The lowest BCUT2D eigenvalue weighted by Crippen LogP contribution is -2.07. The zero-order valence-electron chi connectivity index (χ0n) is 11.0. The number of anilines is 1. The van der Waals surface area contributed by atoms with Crippen LogP contribution in [0.25, 0.3) is 0 Å². The number of allylic oxidation sites excluding steroid dienone is 2. The van der Waals surface area contributed by atoms with Crippen LogP contribution in [0.15, 0.2) is 46.0 Å². The summed E-state index contributed by atoms with van der Waals surface area (Å²) in [5.74, 6) is -0.445. The van der Waals surface area contributed by atoms with Gasteiger partial charge in [0, 0.05) is 26.7 Å². The SMILES string of the molecule is CC(=O)/C(N=Nc1ccc(N(C)C)cc1)=C(/C)O. The van der Waals surface area contributed by atoms with Crippen LogP contribution in [0, 0.1) is 0 Å². The van der Waals surface area contributed by atoms with Gasteiger partial charge in [0.2, 0.25) is 0 Å². The van der Waals surface area contributed by atoms with Gasteiger partial charge in [0.25, 0.3) is 0 Å². The first-order valence-corrected chi connectivity index (χ1v) is 5.51. The summed E-state index contributed by atoms with van der Waals surface area (Å²) in [5.41, 5.74) is 1.65. The molecular formula is C13H17N3O2. The summed E-state index contributed by atoms with van der Waals surface area (Å²) in [6.45, 7) is 2.74. The van der Waals surface area contributed by atoms with Crippen molar-refractivity contribution in [2.24, 2.45) is 10.2 Å². The number of ketones is 1. The quantitative estimate of drug-likeness (QED) is 0.504. The Kier molecular flexibility index (Phi) is 4.59. The molecule has 0 aliphatic heterocycles. The average molecular weight is 247 g/mol. The molecule has 1 rings (SSSR count). The van der Waals surface area contributed by atoms with Crippen molar-refractivity contribution in [1.29, 1.82) is 0 Å². The van der Waals surface area contributed by atoms with E-state index >= 15 is 0 Å². The molecule has 0 unspecified atom stereocenters. The highest BCUT2D eigenvalue weighted by atomic mass is 16.3. The molecule has 0 bridgehead atoms. The maximum absolute atomic E-state index is 11.2. The molecule has 0 atom stereocenters. The molecule has 0 aliphatic rings. The lowest BCUT2D eigenvalue weighted by Gasteiger charge is -2.11. The zero-order chi connectivity index (χ0) is 13.7. The highest BCUT2D eigenvalue weighted by Crippen LogP contribution is 2.19. The van der Waals surface area contributed by atoms with Gasteiger partial charge in [-0.25, -0.2) is 0 Å². The van der Waals surface area contributed by atoms with Crippen LogP contribution in [0.2, 0.25) is 0 Å². The molecule has 0 heterocycles. The number of hydrogen-bond donors (Lipinski definition) is 1. The van der Waals surface area contributed by atoms with Crippen LogP contribution >= 0.6 is 0 Å². The largest absolute Gasteiger partial charge is 0.510 e. The second kappa shape index (κ2) is 5.95. The number of hydrogen-bond acceptors (Lipinski definition) is 5. The molecule has 0 amide bonds. The summed E-state index contributed by atoms with van der Waals surface area (Å²) < 4.78 is 0. The second-order valence-corrected chi connectivity index (χ2v) is 4.10. The highest BCUT2D eigenvalue weighted by molar-refractivity contribution is 5.93. The minimum Gasteiger partial charge on any atom is -0.510 e. The van der Waals surface area contributed by atoms with Crippen LogP contribution in [0.3, 0.4) is 0 Å². The normalized spacial score (nSPS) is 12.4. The van der Waals surface area contributed by atoms with E-state index in [9.17, 15) is 9.90 Å². The Morgan fingerprint density at radius 1 is 1.17 bits per heavy atom. The topological polar surface area (TPSA) is 65.3 Å². The van der Waals surface area contributed by atoms with E-state index < -0.39 is 0 Å². The number of Topliss-reactive ketones (excluding diaryl/α,β-unsaturated/α-hetero) is 1. The minimum atomic E-state index is -0.316. The standard InChI is InChI=1S/C13H17N3O2/c1-9(17)13(10(2)18)15-14-11-5-7-12(8-6-11)16(3)4/h5-8,17H,1-4H3/b13-9+,15-14?. The van der Waals surface area contributed by atoms with E-state index in [0.717, 1.165) is 5.69 Å². The van der Waals surface area contributed by atoms with Crippen LogP contribution in [0.1, 0.15) is 13.8 Å². The molecular weight excluding hydrogens is 230 g/mol. The van der Waals surface area contributed by atoms with Gasteiger partial charge in [-0.2, -0.15) is 5.11 Å². The van der Waals surface area contributed by atoms with E-state index in [1.54, 1.807) is 12.1 Å². The zero-order valence-corrected chi connectivity index (χ0v) is 11.0. The number of azo groups is 1. The summed E-state index contributed by atoms with van der Waals surface area (Å²) in [4.78, 5) is 13.1. The molecule has 0 saturated heterocycles. The smallest absolute Gasteiger partial charge is 0.183 e. The molecule has 0 fully saturated rings. The summed E-state index contributed by atoms with van der Waals surface area (Å²) in [6, 6.07) is 7.39. The number of aliphatic hydroxyl groups excluding tert-OH is 1. The number of carbonyl (C=O) groups is 1. The Morgan fingerprint density at radius 2 is 1.72 bits per heavy atom. The van der Waals surface area contributed by atoms with Crippen molar-refractivity contribution in [2.75, 3.05) is 19.0 Å². The van der Waals surface area contributed by atoms with Gasteiger partial charge in [0.15, 0.2) is 11.5 Å². The van der Waals surface area contributed by atoms with Gasteiger partial charge in [-0.1, -0.05) is 0 Å². The van der Waals surface area contributed by atoms with E-state index in [1.807, 2.05) is 31.1 Å². The van der Waals surface area contributed by atoms with Gasteiger partial charge >= 0.3 is 0 Å². The fraction of sp³-hybridized carbons (Fsp3) is 0.308. The Balaban J connectivity index is 2.91. The highest BCUT2D eigenvalue weighted by Gasteiger charge is 2.06. The molecule has 0 saturated carbocycles. The maximum atomic E-state index is 11.2. The number of benzene rings is 1. The molecule has 1 aromatic carbocycles. The van der Waals surface area contributed by atoms with Crippen molar-refractivity contribution in [3.63, 3.8) is 0 Å². The van der Waals surface area contributed by atoms with Crippen LogP contribution in [0.5, 0.6) is 0 Å². The van der Waals surface area contributed by atoms with Gasteiger partial charge in [-0.05, 0) is 31.2 Å². The number of nitrogens with zero attached hydrogens (tertiary/aromatic N) is 3. The van der Waals surface area contributed by atoms with Crippen molar-refractivity contribution in [3.05, 3.63) is 35.7 Å². The van der Waals surface area contributed by atoms with E-state index in [1.165, 1.54) is 13.8 Å². The molecule has 5 heteroatoms. The molecule has 1 N–H and O–H groups in total. The summed E-state index contributed by atoms with van der Waals surface area (Å²) in [5, 5.41) is 17.0. The molecule has 96 valence electrons. The summed E-state index contributed by atoms with van der Waals surface area (Å²) in [7, 11) is 3.89. The molecule has 0 spiro atoms. The average Bonchev–Trinajstić information content (AvgIpc) is 2.28. The summed E-state index contributed by atoms with van der Waals surface area (Å²) in [6.07, 6.45) is 0. The van der Waals surface area contributed by atoms with E-state index in [-0.39, 0.29) is 17.2 Å². The lowest BCUT2D eigenvalue weighted by atomic mass is 10.3. The predicted octanol–water partition coefficient (Wildman–Crippen LogP) is 3.21. The third kappa shape index (κ3) is 3.69. The number of aliphatic hydroxyl groups is 1. The van der Waals surface area contributed by atoms with Gasteiger partial charge in [-0.3, -0.25) is 4.79 Å². The first-order chi connectivity index (χ1) is 8.41. The second-order valence-electron chi connectivity index (χ2n) is 4.10. The van der Waals surface area contributed by atoms with Gasteiger partial charge in [-0.15, -0.1) is 5.11 Å². The number of rotatable bonds is 4. The van der Waals surface area contributed by atoms with E-state index in [0.29, 0.717) is 5.69 Å². The van der Waals surface area contributed by atoms with Crippen molar-refractivity contribution >= 4 is 17.2 Å². The van der Waals surface area contributed by atoms with Crippen LogP contribution in [-0.2, 0) is 4.79 Å². The third-order valence-corrected chi connectivity index (χ3v) is 2.31. The van der Waals surface area contributed by atoms with Gasteiger partial charge in [0.1, 0.15) is 5.76 Å². The summed E-state index contributed by atoms with van der Waals surface area (Å²) >= 11 is 0. The van der Waals surface area contributed by atoms with Crippen molar-refractivity contribution in [2.45, 2.75) is 13.8 Å². The van der Waals surface area contributed by atoms with E-state index in [4.69, 9.17) is 0 Å². The fourth-order valence-electron chi connectivity index (χ4n) is 1.32. The fourth-order valence-corrected chi connectivity index (χ4v) is 1.32. The van der Waals surface area contributed by atoms with E-state index in [2.05, 4.69) is 10.2 Å². The molecule has 0 aromatic heterocycles. The monoisotopic (exact) mass is 247 g/mol. The predicted molar refractivity (Wildman–Crippen MR) is 71.3 cm³/mol. The van der Waals surface area contributed by atoms with Crippen molar-refractivity contribution < 1.29 is 9.90 Å². The number of carbonyl (C=O) groups excluding carboxylic acids is 1. The first kappa shape index (κ1) is 13.9. The Labute approximate surface area is 106 Å². The minimum absolute atomic E-state index is 0.0216. The van der Waals surface area contributed by atoms with Crippen molar-refractivity contribution in [1.82, 2.24) is 0 Å². The van der Waals surface area contributed by atoms with Gasteiger partial charge in [0.05, 0.1) is 5.69 Å².